The Morgan fingerprint density at radius 2 is 2.29 bits per heavy atom. The van der Waals surface area contributed by atoms with Crippen molar-refractivity contribution in [2.75, 3.05) is 7.11 Å². The third-order valence-electron chi connectivity index (χ3n) is 2.34. The Morgan fingerprint density at radius 1 is 1.47 bits per heavy atom. The van der Waals surface area contributed by atoms with Gasteiger partial charge in [0.15, 0.2) is 5.82 Å². The smallest absolute Gasteiger partial charge is 0.255 e. The van der Waals surface area contributed by atoms with Gasteiger partial charge in [-0.05, 0) is 24.6 Å². The van der Waals surface area contributed by atoms with Crippen molar-refractivity contribution in [2.24, 2.45) is 0 Å². The van der Waals surface area contributed by atoms with Crippen LogP contribution in [0.25, 0.3) is 0 Å². The van der Waals surface area contributed by atoms with Gasteiger partial charge in [0.25, 0.3) is 5.89 Å². The van der Waals surface area contributed by atoms with Gasteiger partial charge in [0.2, 0.25) is 0 Å². The van der Waals surface area contributed by atoms with Gasteiger partial charge in [-0.25, -0.2) is 0 Å². The zero-order valence-corrected chi connectivity index (χ0v) is 9.75. The van der Waals surface area contributed by atoms with Crippen molar-refractivity contribution < 1.29 is 14.4 Å². The van der Waals surface area contributed by atoms with Gasteiger partial charge >= 0.3 is 0 Å². The number of aliphatic hydroxyl groups is 1. The van der Waals surface area contributed by atoms with E-state index in [2.05, 4.69) is 10.1 Å². The fraction of sp³-hybridized carbons (Fsp3) is 0.333. The molecule has 5 nitrogen and oxygen atoms in total. The second-order valence-corrected chi connectivity index (χ2v) is 3.75. The molecule has 0 saturated carbocycles. The molecule has 0 aliphatic heterocycles. The Balaban J connectivity index is 2.13. The van der Waals surface area contributed by atoms with Gasteiger partial charge in [0.1, 0.15) is 11.9 Å². The normalized spacial score (nSPS) is 12.4. The fourth-order valence-corrected chi connectivity index (χ4v) is 1.47. The van der Waals surface area contributed by atoms with Crippen LogP contribution in [0.1, 0.15) is 30.3 Å². The van der Waals surface area contributed by atoms with E-state index in [0.717, 1.165) is 11.3 Å². The Morgan fingerprint density at radius 3 is 2.94 bits per heavy atom. The molecule has 0 bridgehead atoms. The number of aliphatic hydroxyl groups excluding tert-OH is 1. The SMILES string of the molecule is COc1cccc(Cc2noc([C@H](C)O)n2)c1. The summed E-state index contributed by atoms with van der Waals surface area (Å²) in [6.45, 7) is 1.59. The molecular formula is C12H14N2O3. The second kappa shape index (κ2) is 4.97. The summed E-state index contributed by atoms with van der Waals surface area (Å²) < 4.78 is 10.0. The number of methoxy groups -OCH3 is 1. The quantitative estimate of drug-likeness (QED) is 0.872. The predicted octanol–water partition coefficient (Wildman–Crippen LogP) is 1.72. The molecule has 2 rings (SSSR count). The van der Waals surface area contributed by atoms with Crippen molar-refractivity contribution in [1.82, 2.24) is 10.1 Å². The highest BCUT2D eigenvalue weighted by Crippen LogP contribution is 2.16. The van der Waals surface area contributed by atoms with Crippen LogP contribution >= 0.6 is 0 Å². The Kier molecular flexibility index (Phi) is 3.39. The van der Waals surface area contributed by atoms with Crippen LogP contribution in [0, 0.1) is 0 Å². The van der Waals surface area contributed by atoms with Crippen LogP contribution in [-0.2, 0) is 6.42 Å². The predicted molar refractivity (Wildman–Crippen MR) is 60.7 cm³/mol. The van der Waals surface area contributed by atoms with E-state index in [1.807, 2.05) is 24.3 Å². The standard InChI is InChI=1S/C12H14N2O3/c1-8(15)12-13-11(14-17-12)7-9-4-3-5-10(6-9)16-2/h3-6,8,15H,7H2,1-2H3/t8-/m0/s1. The van der Waals surface area contributed by atoms with Gasteiger partial charge in [0, 0.05) is 6.42 Å². The molecule has 17 heavy (non-hydrogen) atoms. The zero-order chi connectivity index (χ0) is 12.3. The average molecular weight is 234 g/mol. The summed E-state index contributed by atoms with van der Waals surface area (Å²) in [4.78, 5) is 4.09. The molecule has 0 saturated heterocycles. The molecule has 1 N–H and O–H groups in total. The number of benzene rings is 1. The van der Waals surface area contributed by atoms with Crippen LogP contribution in [-0.4, -0.2) is 22.4 Å². The second-order valence-electron chi connectivity index (χ2n) is 3.75. The number of aromatic nitrogens is 2. The van der Waals surface area contributed by atoms with Crippen molar-refractivity contribution >= 4 is 0 Å². The monoisotopic (exact) mass is 234 g/mol. The highest BCUT2D eigenvalue weighted by atomic mass is 16.5. The summed E-state index contributed by atoms with van der Waals surface area (Å²) in [5.74, 6) is 1.58. The first-order valence-corrected chi connectivity index (χ1v) is 5.32. The lowest BCUT2D eigenvalue weighted by molar-refractivity contribution is 0.151. The first kappa shape index (κ1) is 11.6. The molecule has 0 aliphatic carbocycles. The number of rotatable bonds is 4. The highest BCUT2D eigenvalue weighted by molar-refractivity contribution is 5.30. The molecule has 1 atom stereocenters. The third kappa shape index (κ3) is 2.82. The zero-order valence-electron chi connectivity index (χ0n) is 9.75. The Labute approximate surface area is 99.0 Å². The summed E-state index contributed by atoms with van der Waals surface area (Å²) in [6, 6.07) is 7.66. The lowest BCUT2D eigenvalue weighted by Crippen LogP contribution is -1.94. The van der Waals surface area contributed by atoms with Crippen LogP contribution < -0.4 is 4.74 Å². The van der Waals surface area contributed by atoms with Gasteiger partial charge in [-0.3, -0.25) is 0 Å². The molecule has 90 valence electrons. The lowest BCUT2D eigenvalue weighted by atomic mass is 10.1. The Bertz CT molecular complexity index is 494. The summed E-state index contributed by atoms with van der Waals surface area (Å²) in [7, 11) is 1.62. The molecule has 5 heteroatoms. The molecular weight excluding hydrogens is 220 g/mol. The van der Waals surface area contributed by atoms with Crippen molar-refractivity contribution in [1.29, 1.82) is 0 Å². The topological polar surface area (TPSA) is 68.4 Å². The van der Waals surface area contributed by atoms with Crippen molar-refractivity contribution in [2.45, 2.75) is 19.4 Å². The molecule has 1 aromatic heterocycles. The van der Waals surface area contributed by atoms with E-state index in [1.54, 1.807) is 14.0 Å². The summed E-state index contributed by atoms with van der Waals surface area (Å²) in [5, 5.41) is 13.1. The maximum atomic E-state index is 9.27. The summed E-state index contributed by atoms with van der Waals surface area (Å²) in [6.07, 6.45) is -0.186. The summed E-state index contributed by atoms with van der Waals surface area (Å²) in [5.41, 5.74) is 1.03. The van der Waals surface area contributed by atoms with E-state index in [9.17, 15) is 5.11 Å². The van der Waals surface area contributed by atoms with Crippen molar-refractivity contribution in [3.63, 3.8) is 0 Å². The minimum absolute atomic E-state index is 0.239. The van der Waals surface area contributed by atoms with E-state index in [4.69, 9.17) is 9.26 Å². The van der Waals surface area contributed by atoms with E-state index in [1.165, 1.54) is 0 Å². The molecule has 1 aromatic carbocycles. The van der Waals surface area contributed by atoms with Gasteiger partial charge in [0.05, 0.1) is 7.11 Å². The minimum Gasteiger partial charge on any atom is -0.497 e. The first-order valence-electron chi connectivity index (χ1n) is 5.32. The number of nitrogens with zero attached hydrogens (tertiary/aromatic N) is 2. The fourth-order valence-electron chi connectivity index (χ4n) is 1.47. The largest absolute Gasteiger partial charge is 0.497 e. The number of hydrogen-bond acceptors (Lipinski definition) is 5. The average Bonchev–Trinajstić information content (AvgIpc) is 2.78. The Hall–Kier alpha value is -1.88. The van der Waals surface area contributed by atoms with E-state index >= 15 is 0 Å². The molecule has 0 fully saturated rings. The number of hydrogen-bond donors (Lipinski definition) is 1. The van der Waals surface area contributed by atoms with Crippen LogP contribution in [0.4, 0.5) is 0 Å². The third-order valence-corrected chi connectivity index (χ3v) is 2.34. The summed E-state index contributed by atoms with van der Waals surface area (Å²) >= 11 is 0. The molecule has 1 heterocycles. The van der Waals surface area contributed by atoms with Gasteiger partial charge in [-0.1, -0.05) is 17.3 Å². The molecule has 0 unspecified atom stereocenters. The van der Waals surface area contributed by atoms with Gasteiger partial charge < -0.3 is 14.4 Å². The van der Waals surface area contributed by atoms with E-state index < -0.39 is 6.10 Å². The number of ether oxygens (including phenoxy) is 1. The lowest BCUT2D eigenvalue weighted by Gasteiger charge is -2.01. The van der Waals surface area contributed by atoms with Crippen molar-refractivity contribution in [3.05, 3.63) is 41.5 Å². The van der Waals surface area contributed by atoms with Gasteiger partial charge in [-0.15, -0.1) is 0 Å². The van der Waals surface area contributed by atoms with Crippen LogP contribution in [0.5, 0.6) is 5.75 Å². The molecule has 0 amide bonds. The molecule has 0 spiro atoms. The van der Waals surface area contributed by atoms with Crippen LogP contribution in [0.2, 0.25) is 0 Å². The molecule has 0 radical (unpaired) electrons. The van der Waals surface area contributed by atoms with E-state index in [0.29, 0.717) is 12.2 Å². The maximum Gasteiger partial charge on any atom is 0.255 e. The molecule has 0 aliphatic rings. The van der Waals surface area contributed by atoms with E-state index in [-0.39, 0.29) is 5.89 Å². The van der Waals surface area contributed by atoms with Gasteiger partial charge in [-0.2, -0.15) is 4.98 Å². The molecule has 2 aromatic rings. The van der Waals surface area contributed by atoms with Crippen molar-refractivity contribution in [3.8, 4) is 5.75 Å². The highest BCUT2D eigenvalue weighted by Gasteiger charge is 2.11. The maximum absolute atomic E-state index is 9.27. The minimum atomic E-state index is -0.735. The van der Waals surface area contributed by atoms with Crippen LogP contribution in [0.3, 0.4) is 0 Å². The van der Waals surface area contributed by atoms with Crippen LogP contribution in [0.15, 0.2) is 28.8 Å². The first-order chi connectivity index (χ1) is 8.19.